The van der Waals surface area contributed by atoms with Crippen molar-refractivity contribution in [2.24, 2.45) is 5.14 Å². The van der Waals surface area contributed by atoms with Crippen molar-refractivity contribution in [3.8, 4) is 0 Å². The Morgan fingerprint density at radius 2 is 2.09 bits per heavy atom. The summed E-state index contributed by atoms with van der Waals surface area (Å²) in [5, 5.41) is 11.0. The van der Waals surface area contributed by atoms with E-state index in [4.69, 9.17) is 9.88 Å². The average molecular weight is 327 g/mol. The van der Waals surface area contributed by atoms with Crippen LogP contribution in [0.1, 0.15) is 12.0 Å². The number of hydrogen-bond donors (Lipinski definition) is 3. The third-order valence-corrected chi connectivity index (χ3v) is 4.33. The summed E-state index contributed by atoms with van der Waals surface area (Å²) < 4.78 is 27.7. The maximum absolute atomic E-state index is 11.8. The number of nitrogens with two attached hydrogens (primary N) is 1. The molecule has 2 rings (SSSR count). The van der Waals surface area contributed by atoms with Crippen LogP contribution < -0.4 is 15.8 Å². The average Bonchev–Trinajstić information content (AvgIpc) is 2.48. The number of benzene rings is 1. The van der Waals surface area contributed by atoms with E-state index in [1.54, 1.807) is 12.1 Å². The molecule has 7 nitrogen and oxygen atoms in total. The number of carbonyl (C=O) groups excluding carboxylic acids is 1. The second kappa shape index (κ2) is 7.68. The van der Waals surface area contributed by atoms with Gasteiger partial charge in [0.15, 0.2) is 0 Å². The number of ether oxygens (including phenoxy) is 1. The van der Waals surface area contributed by atoms with Crippen LogP contribution in [0.4, 0.5) is 0 Å². The molecule has 0 bridgehead atoms. The number of carbonyl (C=O) groups is 1. The molecule has 8 heteroatoms. The van der Waals surface area contributed by atoms with Crippen LogP contribution in [-0.4, -0.2) is 46.7 Å². The van der Waals surface area contributed by atoms with Gasteiger partial charge < -0.3 is 15.4 Å². The predicted molar refractivity (Wildman–Crippen MR) is 81.8 cm³/mol. The summed E-state index contributed by atoms with van der Waals surface area (Å²) in [6.07, 6.45) is 0.903. The zero-order chi connectivity index (χ0) is 16.0. The number of rotatable bonds is 6. The van der Waals surface area contributed by atoms with E-state index < -0.39 is 10.0 Å². The molecule has 1 aliphatic rings. The molecule has 1 unspecified atom stereocenters. The number of primary sulfonamides is 1. The van der Waals surface area contributed by atoms with E-state index in [1.807, 2.05) is 0 Å². The molecule has 1 atom stereocenters. The zero-order valence-corrected chi connectivity index (χ0v) is 13.1. The van der Waals surface area contributed by atoms with Gasteiger partial charge >= 0.3 is 0 Å². The van der Waals surface area contributed by atoms with Crippen LogP contribution in [0.15, 0.2) is 29.2 Å². The summed E-state index contributed by atoms with van der Waals surface area (Å²) in [5.74, 6) is -0.0464. The lowest BCUT2D eigenvalue weighted by atomic mass is 10.1. The highest BCUT2D eigenvalue weighted by atomic mass is 32.2. The molecule has 1 heterocycles. The first-order chi connectivity index (χ1) is 10.4. The van der Waals surface area contributed by atoms with Crippen LogP contribution in [0.5, 0.6) is 0 Å². The van der Waals surface area contributed by atoms with E-state index >= 15 is 0 Å². The SMILES string of the molecule is NS(=O)(=O)c1ccc(CCNC(=O)CC2CNCCO2)cc1. The number of hydrogen-bond acceptors (Lipinski definition) is 5. The van der Waals surface area contributed by atoms with Crippen LogP contribution in [0.3, 0.4) is 0 Å². The van der Waals surface area contributed by atoms with Gasteiger partial charge in [-0.05, 0) is 24.1 Å². The van der Waals surface area contributed by atoms with Crippen LogP contribution >= 0.6 is 0 Å². The normalized spacial score (nSPS) is 18.9. The molecular weight excluding hydrogens is 306 g/mol. The van der Waals surface area contributed by atoms with Gasteiger partial charge in [0, 0.05) is 19.6 Å². The summed E-state index contributed by atoms with van der Waals surface area (Å²) >= 11 is 0. The van der Waals surface area contributed by atoms with Crippen LogP contribution in [0.2, 0.25) is 0 Å². The van der Waals surface area contributed by atoms with Crippen molar-refractivity contribution in [1.29, 1.82) is 0 Å². The van der Waals surface area contributed by atoms with Crippen molar-refractivity contribution in [1.82, 2.24) is 10.6 Å². The van der Waals surface area contributed by atoms with Crippen LogP contribution in [0, 0.1) is 0 Å². The first-order valence-corrected chi connectivity index (χ1v) is 8.70. The minimum absolute atomic E-state index is 0.0464. The van der Waals surface area contributed by atoms with Gasteiger partial charge in [0.1, 0.15) is 0 Å². The van der Waals surface area contributed by atoms with Gasteiger partial charge in [0.05, 0.1) is 24.0 Å². The zero-order valence-electron chi connectivity index (χ0n) is 12.2. The highest BCUT2D eigenvalue weighted by Gasteiger charge is 2.16. The fraction of sp³-hybridized carbons (Fsp3) is 0.500. The third-order valence-electron chi connectivity index (χ3n) is 3.41. The fourth-order valence-electron chi connectivity index (χ4n) is 2.22. The molecule has 1 saturated heterocycles. The largest absolute Gasteiger partial charge is 0.375 e. The van der Waals surface area contributed by atoms with Crippen LogP contribution in [0.25, 0.3) is 0 Å². The molecule has 0 spiro atoms. The summed E-state index contributed by atoms with van der Waals surface area (Å²) in [4.78, 5) is 11.9. The number of nitrogens with one attached hydrogen (secondary N) is 2. The van der Waals surface area contributed by atoms with E-state index in [2.05, 4.69) is 10.6 Å². The highest BCUT2D eigenvalue weighted by molar-refractivity contribution is 7.89. The molecule has 0 aliphatic carbocycles. The Morgan fingerprint density at radius 1 is 1.36 bits per heavy atom. The Labute approximate surface area is 130 Å². The second-order valence-electron chi connectivity index (χ2n) is 5.19. The third kappa shape index (κ3) is 5.38. The molecule has 1 aliphatic heterocycles. The summed E-state index contributed by atoms with van der Waals surface area (Å²) in [7, 11) is -3.66. The number of morpholine rings is 1. The van der Waals surface area contributed by atoms with Gasteiger partial charge in [-0.3, -0.25) is 4.79 Å². The predicted octanol–water partition coefficient (Wildman–Crippen LogP) is -0.629. The highest BCUT2D eigenvalue weighted by Crippen LogP contribution is 2.09. The summed E-state index contributed by atoms with van der Waals surface area (Å²) in [6.45, 7) is 2.65. The standard InChI is InChI=1S/C14H21N3O4S/c15-22(19,20)13-3-1-11(2-4-13)5-6-17-14(18)9-12-10-16-7-8-21-12/h1-4,12,16H,5-10H2,(H,17,18)(H2,15,19,20). The number of amides is 1. The lowest BCUT2D eigenvalue weighted by Crippen LogP contribution is -2.41. The molecule has 1 amide bonds. The van der Waals surface area contributed by atoms with E-state index in [-0.39, 0.29) is 16.9 Å². The molecule has 4 N–H and O–H groups in total. The smallest absolute Gasteiger partial charge is 0.238 e. The quantitative estimate of drug-likeness (QED) is 0.644. The Morgan fingerprint density at radius 3 is 2.68 bits per heavy atom. The van der Waals surface area contributed by atoms with E-state index in [0.29, 0.717) is 32.5 Å². The fourth-order valence-corrected chi connectivity index (χ4v) is 2.74. The second-order valence-corrected chi connectivity index (χ2v) is 6.75. The molecule has 1 aromatic rings. The van der Waals surface area contributed by atoms with Gasteiger partial charge in [-0.1, -0.05) is 12.1 Å². The van der Waals surface area contributed by atoms with Gasteiger partial charge in [0.25, 0.3) is 0 Å². The van der Waals surface area contributed by atoms with Crippen molar-refractivity contribution in [2.45, 2.75) is 23.8 Å². The Balaban J connectivity index is 1.72. The van der Waals surface area contributed by atoms with Gasteiger partial charge in [0.2, 0.25) is 15.9 Å². The lowest BCUT2D eigenvalue weighted by Gasteiger charge is -2.23. The molecule has 22 heavy (non-hydrogen) atoms. The van der Waals surface area contributed by atoms with Crippen molar-refractivity contribution in [3.63, 3.8) is 0 Å². The first-order valence-electron chi connectivity index (χ1n) is 7.16. The maximum atomic E-state index is 11.8. The minimum Gasteiger partial charge on any atom is -0.375 e. The maximum Gasteiger partial charge on any atom is 0.238 e. The summed E-state index contributed by atoms with van der Waals surface area (Å²) in [5.41, 5.74) is 0.934. The topological polar surface area (TPSA) is 111 Å². The molecule has 0 saturated carbocycles. The van der Waals surface area contributed by atoms with Gasteiger partial charge in [-0.15, -0.1) is 0 Å². The summed E-state index contributed by atoms with van der Waals surface area (Å²) in [6, 6.07) is 6.32. The Kier molecular flexibility index (Phi) is 5.90. The molecular formula is C14H21N3O4S. The van der Waals surface area contributed by atoms with Crippen molar-refractivity contribution in [3.05, 3.63) is 29.8 Å². The van der Waals surface area contributed by atoms with E-state index in [1.165, 1.54) is 12.1 Å². The molecule has 1 fully saturated rings. The Hall–Kier alpha value is -1.48. The van der Waals surface area contributed by atoms with Crippen molar-refractivity contribution < 1.29 is 17.9 Å². The van der Waals surface area contributed by atoms with Gasteiger partial charge in [-0.2, -0.15) is 0 Å². The van der Waals surface area contributed by atoms with Crippen molar-refractivity contribution >= 4 is 15.9 Å². The monoisotopic (exact) mass is 327 g/mol. The lowest BCUT2D eigenvalue weighted by molar-refractivity contribution is -0.124. The van der Waals surface area contributed by atoms with Gasteiger partial charge in [-0.25, -0.2) is 13.6 Å². The molecule has 0 radical (unpaired) electrons. The van der Waals surface area contributed by atoms with Crippen LogP contribution in [-0.2, 0) is 26.0 Å². The molecule has 1 aromatic carbocycles. The first kappa shape index (κ1) is 16.9. The Bertz CT molecular complexity index is 595. The number of sulfonamides is 1. The molecule has 122 valence electrons. The minimum atomic E-state index is -3.66. The molecule has 0 aromatic heterocycles. The van der Waals surface area contributed by atoms with E-state index in [9.17, 15) is 13.2 Å². The van der Waals surface area contributed by atoms with Crippen molar-refractivity contribution in [2.75, 3.05) is 26.2 Å². The van der Waals surface area contributed by atoms with E-state index in [0.717, 1.165) is 12.1 Å².